The van der Waals surface area contributed by atoms with E-state index >= 15 is 0 Å². The number of nitrogens with one attached hydrogen (secondary N) is 1. The van der Waals surface area contributed by atoms with Crippen molar-refractivity contribution in [2.24, 2.45) is 0 Å². The van der Waals surface area contributed by atoms with E-state index < -0.39 is 0 Å². The zero-order valence-electron chi connectivity index (χ0n) is 30.8. The first-order valence-corrected chi connectivity index (χ1v) is 18.9. The van der Waals surface area contributed by atoms with Gasteiger partial charge in [-0.05, 0) is 43.3 Å². The summed E-state index contributed by atoms with van der Waals surface area (Å²) >= 11 is 0. The maximum atomic E-state index is 13.7. The van der Waals surface area contributed by atoms with Crippen LogP contribution in [-0.4, -0.2) is 117 Å². The predicted molar refractivity (Wildman–Crippen MR) is 212 cm³/mol. The molecule has 5 aromatic rings. The minimum Gasteiger partial charge on any atom is -0.378 e. The van der Waals surface area contributed by atoms with Gasteiger partial charge in [-0.3, -0.25) is 24.1 Å². The first kappa shape index (κ1) is 35.7. The maximum Gasteiger partial charge on any atom is 0.261 e. The zero-order chi connectivity index (χ0) is 37.3. The Morgan fingerprint density at radius 3 is 1.96 bits per heavy atom. The van der Waals surface area contributed by atoms with Gasteiger partial charge in [0.15, 0.2) is 0 Å². The van der Waals surface area contributed by atoms with Crippen LogP contribution in [0.15, 0.2) is 65.5 Å². The van der Waals surface area contributed by atoms with Crippen LogP contribution < -0.4 is 26.0 Å². The lowest BCUT2D eigenvalue weighted by atomic mass is 9.92. The Bertz CT molecular complexity index is 2310. The first-order valence-electron chi connectivity index (χ1n) is 18.9. The summed E-state index contributed by atoms with van der Waals surface area (Å²) < 4.78 is 12.8. The second-order valence-electron chi connectivity index (χ2n) is 14.2. The topological polar surface area (TPSA) is 117 Å². The molecule has 0 saturated carbocycles. The molecule has 0 bridgehead atoms. The summed E-state index contributed by atoms with van der Waals surface area (Å²) in [5.41, 5.74) is 3.06. The molecule has 12 heteroatoms. The SMILES string of the molecule is C=c1c2ccc(N3CCOCC3)c3cccc(c(=O)n1CCNCCCN(CCN1C(=O)c4cccc5c(N6CCOCC6)ccc(c45)C1=O)C(C)=O)c32. The monoisotopic (exact) mass is 730 g/mol. The van der Waals surface area contributed by atoms with Crippen molar-refractivity contribution >= 4 is 68.0 Å². The number of imide groups is 1. The number of anilines is 2. The summed E-state index contributed by atoms with van der Waals surface area (Å²) in [7, 11) is 0. The van der Waals surface area contributed by atoms with Crippen LogP contribution in [0.1, 0.15) is 34.1 Å². The van der Waals surface area contributed by atoms with E-state index in [1.807, 2.05) is 36.4 Å². The van der Waals surface area contributed by atoms with Crippen molar-refractivity contribution in [1.82, 2.24) is 19.7 Å². The summed E-state index contributed by atoms with van der Waals surface area (Å²) in [6.45, 7) is 14.0. The van der Waals surface area contributed by atoms with E-state index in [0.717, 1.165) is 59.1 Å². The molecule has 0 spiro atoms. The fourth-order valence-corrected chi connectivity index (χ4v) is 8.31. The van der Waals surface area contributed by atoms with Crippen LogP contribution in [-0.2, 0) is 20.8 Å². The lowest BCUT2D eigenvalue weighted by Gasteiger charge is -2.33. The van der Waals surface area contributed by atoms with E-state index in [-0.39, 0.29) is 36.4 Å². The standard InChI is InChI=1S/C42H46N6O6/c1-28-30-10-12-36(45-20-24-53-25-21-45)31-6-3-8-33(38(30)31)40(50)47(28)17-15-43-14-5-16-44(29(2)49)18-19-48-41(51)34-9-4-7-32-37(46-22-26-54-27-23-46)13-11-35(39(32)34)42(48)52/h3-4,6-13,43H,1,5,14-27H2,2H3. The second kappa shape index (κ2) is 15.2. The molecular formula is C42H46N6O6. The molecule has 3 aliphatic rings. The smallest absolute Gasteiger partial charge is 0.261 e. The molecule has 1 aromatic heterocycles. The summed E-state index contributed by atoms with van der Waals surface area (Å²) in [6, 6.07) is 19.5. The van der Waals surface area contributed by atoms with Crippen LogP contribution in [0.3, 0.4) is 0 Å². The molecule has 3 aliphatic heterocycles. The summed E-state index contributed by atoms with van der Waals surface area (Å²) in [6.07, 6.45) is 0.662. The highest BCUT2D eigenvalue weighted by molar-refractivity contribution is 6.26. The van der Waals surface area contributed by atoms with Crippen molar-refractivity contribution in [1.29, 1.82) is 0 Å². The van der Waals surface area contributed by atoms with Gasteiger partial charge in [-0.1, -0.05) is 36.9 Å². The number of carbonyl (C=O) groups is 3. The number of aromatic nitrogens is 1. The number of carbonyl (C=O) groups excluding carboxylic acids is 3. The molecule has 0 radical (unpaired) electrons. The second-order valence-corrected chi connectivity index (χ2v) is 14.2. The molecule has 1 N–H and O–H groups in total. The number of hydrogen-bond donors (Lipinski definition) is 1. The third kappa shape index (κ3) is 6.48. The Balaban J connectivity index is 0.878. The van der Waals surface area contributed by atoms with Crippen LogP contribution in [0.2, 0.25) is 0 Å². The van der Waals surface area contributed by atoms with Crippen molar-refractivity contribution < 1.29 is 23.9 Å². The number of ether oxygens (including phenoxy) is 2. The van der Waals surface area contributed by atoms with E-state index in [0.29, 0.717) is 86.3 Å². The summed E-state index contributed by atoms with van der Waals surface area (Å²) in [4.78, 5) is 61.3. The van der Waals surface area contributed by atoms with Gasteiger partial charge in [-0.25, -0.2) is 0 Å². The van der Waals surface area contributed by atoms with E-state index in [4.69, 9.17) is 9.47 Å². The average Bonchev–Trinajstić information content (AvgIpc) is 3.20. The van der Waals surface area contributed by atoms with Gasteiger partial charge in [0.05, 0.1) is 26.4 Å². The predicted octanol–water partition coefficient (Wildman–Crippen LogP) is 3.23. The number of morpholine rings is 2. The Hall–Kier alpha value is -5.30. The lowest BCUT2D eigenvalue weighted by Crippen LogP contribution is -2.46. The highest BCUT2D eigenvalue weighted by atomic mass is 16.5. The minimum absolute atomic E-state index is 0.0556. The van der Waals surface area contributed by atoms with Crippen molar-refractivity contribution in [3.05, 3.63) is 87.5 Å². The van der Waals surface area contributed by atoms with Crippen molar-refractivity contribution in [3.8, 4) is 0 Å². The van der Waals surface area contributed by atoms with E-state index in [9.17, 15) is 19.2 Å². The number of nitrogens with zero attached hydrogens (tertiary/aromatic N) is 5. The summed E-state index contributed by atoms with van der Waals surface area (Å²) in [5.74, 6) is -0.801. The van der Waals surface area contributed by atoms with Crippen LogP contribution in [0, 0.1) is 0 Å². The van der Waals surface area contributed by atoms with Gasteiger partial charge in [0, 0.05) is 126 Å². The molecule has 12 nitrogen and oxygen atoms in total. The quantitative estimate of drug-likeness (QED) is 0.153. The lowest BCUT2D eigenvalue weighted by molar-refractivity contribution is -0.129. The number of rotatable bonds is 12. The van der Waals surface area contributed by atoms with Crippen molar-refractivity contribution in [2.75, 3.05) is 95.1 Å². The van der Waals surface area contributed by atoms with Crippen LogP contribution >= 0.6 is 0 Å². The van der Waals surface area contributed by atoms with Gasteiger partial charge in [0.2, 0.25) is 5.91 Å². The normalized spacial score (nSPS) is 16.3. The Kier molecular flexibility index (Phi) is 10.1. The van der Waals surface area contributed by atoms with Crippen LogP contribution in [0.5, 0.6) is 0 Å². The Morgan fingerprint density at radius 1 is 0.704 bits per heavy atom. The highest BCUT2D eigenvalue weighted by Crippen LogP contribution is 2.36. The van der Waals surface area contributed by atoms with Gasteiger partial charge >= 0.3 is 0 Å². The molecule has 54 heavy (non-hydrogen) atoms. The first-order chi connectivity index (χ1) is 26.3. The fourth-order valence-electron chi connectivity index (χ4n) is 8.31. The summed E-state index contributed by atoms with van der Waals surface area (Å²) in [5, 5.41) is 9.36. The van der Waals surface area contributed by atoms with E-state index in [2.05, 4.69) is 39.9 Å². The molecule has 2 fully saturated rings. The highest BCUT2D eigenvalue weighted by Gasteiger charge is 2.34. The van der Waals surface area contributed by atoms with E-state index in [1.165, 1.54) is 11.8 Å². The molecule has 0 atom stereocenters. The van der Waals surface area contributed by atoms with E-state index in [1.54, 1.807) is 15.5 Å². The zero-order valence-corrected chi connectivity index (χ0v) is 30.8. The molecule has 8 rings (SSSR count). The molecule has 4 heterocycles. The largest absolute Gasteiger partial charge is 0.378 e. The minimum atomic E-state index is -0.340. The number of benzene rings is 4. The van der Waals surface area contributed by atoms with Gasteiger partial charge < -0.3 is 34.1 Å². The third-order valence-corrected chi connectivity index (χ3v) is 11.1. The molecule has 280 valence electrons. The van der Waals surface area contributed by atoms with Crippen LogP contribution in [0.4, 0.5) is 11.4 Å². The molecule has 0 aliphatic carbocycles. The molecule has 4 aromatic carbocycles. The Morgan fingerprint density at radius 2 is 1.30 bits per heavy atom. The molecule has 0 unspecified atom stereocenters. The molecule has 2 saturated heterocycles. The van der Waals surface area contributed by atoms with Crippen molar-refractivity contribution in [3.63, 3.8) is 0 Å². The number of amides is 3. The van der Waals surface area contributed by atoms with Crippen LogP contribution in [0.25, 0.3) is 38.9 Å². The molecular weight excluding hydrogens is 684 g/mol. The molecule has 3 amide bonds. The number of pyridine rings is 1. The van der Waals surface area contributed by atoms with Gasteiger partial charge in [-0.15, -0.1) is 0 Å². The van der Waals surface area contributed by atoms with Gasteiger partial charge in [0.25, 0.3) is 17.4 Å². The Labute approximate surface area is 313 Å². The van der Waals surface area contributed by atoms with Gasteiger partial charge in [0.1, 0.15) is 0 Å². The average molecular weight is 731 g/mol. The fraction of sp³-hybridized carbons (Fsp3) is 0.381. The third-order valence-electron chi connectivity index (χ3n) is 11.1. The van der Waals surface area contributed by atoms with Crippen molar-refractivity contribution in [2.45, 2.75) is 19.9 Å². The van der Waals surface area contributed by atoms with Gasteiger partial charge in [-0.2, -0.15) is 0 Å². The maximum absolute atomic E-state index is 13.7. The number of hydrogen-bond acceptors (Lipinski definition) is 9.